The molecule has 2 aromatic heterocycles. The van der Waals surface area contributed by atoms with Crippen LogP contribution in [-0.2, 0) is 0 Å². The average Bonchev–Trinajstić information content (AvgIpc) is 3.35. The fourth-order valence-corrected chi connectivity index (χ4v) is 3.69. The minimum absolute atomic E-state index is 0.162. The number of carbonyl (C=O) groups is 1. The van der Waals surface area contributed by atoms with Crippen LogP contribution in [0.3, 0.4) is 0 Å². The van der Waals surface area contributed by atoms with E-state index in [1.54, 1.807) is 11.8 Å². The van der Waals surface area contributed by atoms with Gasteiger partial charge in [-0.3, -0.25) is 4.79 Å². The molecule has 0 N–H and O–H groups in total. The number of nitrogens with zero attached hydrogens (tertiary/aromatic N) is 3. The molecular weight excluding hydrogens is 358 g/mol. The molecule has 1 amide bonds. The molecule has 0 saturated carbocycles. The number of aromatic nitrogens is 1. The van der Waals surface area contributed by atoms with Crippen molar-refractivity contribution >= 4 is 34.6 Å². The number of hydrogen-bond acceptors (Lipinski definition) is 5. The first-order valence-corrected chi connectivity index (χ1v) is 8.99. The second kappa shape index (κ2) is 6.46. The number of thiazole rings is 1. The second-order valence-corrected chi connectivity index (χ2v) is 7.00. The summed E-state index contributed by atoms with van der Waals surface area (Å²) < 4.78 is 5.55. The van der Waals surface area contributed by atoms with Gasteiger partial charge in [-0.05, 0) is 36.8 Å². The molecule has 0 aliphatic carbocycles. The van der Waals surface area contributed by atoms with E-state index in [0.717, 1.165) is 11.3 Å². The molecule has 0 spiro atoms. The Labute approximate surface area is 153 Å². The Morgan fingerprint density at radius 3 is 2.76 bits per heavy atom. The van der Waals surface area contributed by atoms with Crippen LogP contribution in [0.1, 0.15) is 39.2 Å². The Bertz CT molecular complexity index is 932. The van der Waals surface area contributed by atoms with E-state index in [4.69, 9.17) is 16.0 Å². The van der Waals surface area contributed by atoms with Gasteiger partial charge in [-0.25, -0.2) is 9.99 Å². The van der Waals surface area contributed by atoms with Gasteiger partial charge in [0.05, 0.1) is 23.2 Å². The number of aryl methyl sites for hydroxylation is 1. The molecule has 4 rings (SSSR count). The molecule has 1 atom stereocenters. The van der Waals surface area contributed by atoms with Crippen molar-refractivity contribution in [3.05, 3.63) is 75.1 Å². The van der Waals surface area contributed by atoms with Crippen molar-refractivity contribution in [3.63, 3.8) is 0 Å². The fourth-order valence-electron chi connectivity index (χ4n) is 2.83. The van der Waals surface area contributed by atoms with Crippen LogP contribution in [0.5, 0.6) is 0 Å². The fraction of sp³-hybridized carbons (Fsp3) is 0.167. The Balaban J connectivity index is 1.72. The number of rotatable bonds is 3. The van der Waals surface area contributed by atoms with Gasteiger partial charge in [0.25, 0.3) is 5.91 Å². The molecule has 0 radical (unpaired) electrons. The maximum absolute atomic E-state index is 13.0. The number of hydrogen-bond donors (Lipinski definition) is 0. The predicted octanol–water partition coefficient (Wildman–Crippen LogP) is 4.69. The van der Waals surface area contributed by atoms with E-state index in [9.17, 15) is 4.79 Å². The van der Waals surface area contributed by atoms with Crippen molar-refractivity contribution in [1.82, 2.24) is 9.99 Å². The Kier molecular flexibility index (Phi) is 4.15. The van der Waals surface area contributed by atoms with Gasteiger partial charge in [0.2, 0.25) is 0 Å². The number of carbonyl (C=O) groups excluding carboxylic acids is 1. The highest BCUT2D eigenvalue weighted by atomic mass is 35.5. The molecule has 3 heterocycles. The zero-order valence-corrected chi connectivity index (χ0v) is 14.9. The van der Waals surface area contributed by atoms with Crippen LogP contribution in [0.4, 0.5) is 0 Å². The zero-order valence-electron chi connectivity index (χ0n) is 13.3. The van der Waals surface area contributed by atoms with Crippen molar-refractivity contribution in [2.75, 3.05) is 0 Å². The number of amides is 1. The highest BCUT2D eigenvalue weighted by molar-refractivity contribution is 7.11. The van der Waals surface area contributed by atoms with Gasteiger partial charge in [-0.15, -0.1) is 11.3 Å². The summed E-state index contributed by atoms with van der Waals surface area (Å²) in [6, 6.07) is 10.9. The first kappa shape index (κ1) is 16.1. The quantitative estimate of drug-likeness (QED) is 0.671. The summed E-state index contributed by atoms with van der Waals surface area (Å²) in [5.74, 6) is 0.550. The van der Waals surface area contributed by atoms with E-state index < -0.39 is 0 Å². The van der Waals surface area contributed by atoms with E-state index in [2.05, 4.69) is 10.1 Å². The number of hydrazone groups is 1. The lowest BCUT2D eigenvalue weighted by atomic mass is 10.0. The Morgan fingerprint density at radius 1 is 1.32 bits per heavy atom. The van der Waals surface area contributed by atoms with Crippen LogP contribution >= 0.6 is 22.9 Å². The highest BCUT2D eigenvalue weighted by Gasteiger charge is 2.36. The summed E-state index contributed by atoms with van der Waals surface area (Å²) in [5.41, 5.74) is 4.15. The summed E-state index contributed by atoms with van der Waals surface area (Å²) in [6.07, 6.45) is 2.19. The van der Waals surface area contributed by atoms with Gasteiger partial charge in [0, 0.05) is 11.4 Å². The molecule has 5 nitrogen and oxygen atoms in total. The second-order valence-electron chi connectivity index (χ2n) is 5.71. The van der Waals surface area contributed by atoms with Crippen LogP contribution in [-0.4, -0.2) is 21.6 Å². The first-order chi connectivity index (χ1) is 12.1. The third-order valence-electron chi connectivity index (χ3n) is 4.11. The molecule has 126 valence electrons. The maximum atomic E-state index is 13.0. The normalized spacial score (nSPS) is 17.0. The molecule has 25 heavy (non-hydrogen) atoms. The summed E-state index contributed by atoms with van der Waals surface area (Å²) in [5, 5.41) is 6.77. The first-order valence-electron chi connectivity index (χ1n) is 7.74. The number of furan rings is 1. The van der Waals surface area contributed by atoms with Gasteiger partial charge in [0.15, 0.2) is 0 Å². The number of benzene rings is 1. The lowest BCUT2D eigenvalue weighted by molar-refractivity contribution is 0.0697. The third-order valence-corrected chi connectivity index (χ3v) is 5.28. The standard InChI is InChI=1S/C18H14ClN3O2S/c1-11-17(25-10-20-11)18(23)22-15(16-3-2-8-24-16)9-14(21-22)12-4-6-13(19)7-5-12/h2-8,10,15H,9H2,1H3/t15-/m1/s1. The topological polar surface area (TPSA) is 58.7 Å². The van der Waals surface area contributed by atoms with Crippen molar-refractivity contribution < 1.29 is 9.21 Å². The van der Waals surface area contributed by atoms with Gasteiger partial charge in [-0.2, -0.15) is 5.10 Å². The monoisotopic (exact) mass is 371 g/mol. The largest absolute Gasteiger partial charge is 0.467 e. The molecule has 0 bridgehead atoms. The van der Waals surface area contributed by atoms with Gasteiger partial charge in [-0.1, -0.05) is 23.7 Å². The molecular formula is C18H14ClN3O2S. The van der Waals surface area contributed by atoms with E-state index in [1.807, 2.05) is 43.3 Å². The minimum Gasteiger partial charge on any atom is -0.467 e. The smallest absolute Gasteiger partial charge is 0.286 e. The summed E-state index contributed by atoms with van der Waals surface area (Å²) >= 11 is 7.29. The molecule has 0 unspecified atom stereocenters. The Morgan fingerprint density at radius 2 is 2.12 bits per heavy atom. The Hall–Kier alpha value is -2.44. The SMILES string of the molecule is Cc1ncsc1C(=O)N1N=C(c2ccc(Cl)cc2)C[C@@H]1c1ccco1. The summed E-state index contributed by atoms with van der Waals surface area (Å²) in [7, 11) is 0. The molecule has 3 aromatic rings. The molecule has 1 aromatic carbocycles. The van der Waals surface area contributed by atoms with Crippen LogP contribution in [0.15, 0.2) is 57.7 Å². The highest BCUT2D eigenvalue weighted by Crippen LogP contribution is 2.35. The van der Waals surface area contributed by atoms with E-state index in [0.29, 0.717) is 27.8 Å². The molecule has 0 saturated heterocycles. The van der Waals surface area contributed by atoms with E-state index in [1.165, 1.54) is 16.3 Å². The van der Waals surface area contributed by atoms with Gasteiger partial charge >= 0.3 is 0 Å². The molecule has 1 aliphatic heterocycles. The maximum Gasteiger partial charge on any atom is 0.286 e. The average molecular weight is 372 g/mol. The van der Waals surface area contributed by atoms with Gasteiger partial charge < -0.3 is 4.42 Å². The van der Waals surface area contributed by atoms with Crippen molar-refractivity contribution in [2.45, 2.75) is 19.4 Å². The van der Waals surface area contributed by atoms with Crippen LogP contribution < -0.4 is 0 Å². The lowest BCUT2D eigenvalue weighted by Crippen LogP contribution is -2.26. The van der Waals surface area contributed by atoms with Crippen molar-refractivity contribution in [2.24, 2.45) is 5.10 Å². The molecule has 1 aliphatic rings. The third kappa shape index (κ3) is 2.99. The zero-order chi connectivity index (χ0) is 17.4. The molecule has 7 heteroatoms. The van der Waals surface area contributed by atoms with E-state index >= 15 is 0 Å². The van der Waals surface area contributed by atoms with Gasteiger partial charge in [0.1, 0.15) is 16.7 Å². The van der Waals surface area contributed by atoms with Crippen LogP contribution in [0, 0.1) is 6.92 Å². The molecule has 0 fully saturated rings. The summed E-state index contributed by atoms with van der Waals surface area (Å²) in [4.78, 5) is 17.8. The van der Waals surface area contributed by atoms with Crippen LogP contribution in [0.2, 0.25) is 5.02 Å². The van der Waals surface area contributed by atoms with Crippen molar-refractivity contribution in [3.8, 4) is 0 Å². The number of halogens is 1. The lowest BCUT2D eigenvalue weighted by Gasteiger charge is -2.19. The summed E-state index contributed by atoms with van der Waals surface area (Å²) in [6.45, 7) is 1.82. The van der Waals surface area contributed by atoms with E-state index in [-0.39, 0.29) is 11.9 Å². The van der Waals surface area contributed by atoms with Crippen molar-refractivity contribution in [1.29, 1.82) is 0 Å². The minimum atomic E-state index is -0.269. The van der Waals surface area contributed by atoms with Crippen LogP contribution in [0.25, 0.3) is 0 Å². The predicted molar refractivity (Wildman–Crippen MR) is 97.1 cm³/mol.